The monoisotopic (exact) mass is 220 g/mol. The lowest BCUT2D eigenvalue weighted by Crippen LogP contribution is -2.29. The number of pyridine rings is 1. The minimum absolute atomic E-state index is 0.102. The summed E-state index contributed by atoms with van der Waals surface area (Å²) < 4.78 is 42.4. The second-order valence-corrected chi connectivity index (χ2v) is 2.92. The summed E-state index contributed by atoms with van der Waals surface area (Å²) in [7, 11) is 1.30. The highest BCUT2D eigenvalue weighted by molar-refractivity contribution is 5.31. The molecule has 0 radical (unpaired) electrons. The second-order valence-electron chi connectivity index (χ2n) is 2.92. The molecular formula is C9H11F3N2O. The van der Waals surface area contributed by atoms with Crippen LogP contribution in [0.1, 0.15) is 11.6 Å². The van der Waals surface area contributed by atoms with Gasteiger partial charge in [-0.25, -0.2) is 0 Å². The van der Waals surface area contributed by atoms with Crippen molar-refractivity contribution in [3.05, 3.63) is 24.0 Å². The maximum absolute atomic E-state index is 12.5. The van der Waals surface area contributed by atoms with Crippen LogP contribution in [0.25, 0.3) is 0 Å². The molecule has 1 rings (SSSR count). The van der Waals surface area contributed by atoms with Gasteiger partial charge in [0.15, 0.2) is 0 Å². The van der Waals surface area contributed by atoms with E-state index >= 15 is 0 Å². The molecule has 6 heteroatoms. The lowest BCUT2D eigenvalue weighted by atomic mass is 10.0. The average Bonchev–Trinajstić information content (AvgIpc) is 2.17. The van der Waals surface area contributed by atoms with E-state index in [0.717, 1.165) is 0 Å². The molecule has 1 aromatic heterocycles. The van der Waals surface area contributed by atoms with Gasteiger partial charge in [-0.15, -0.1) is 0 Å². The third-order valence-electron chi connectivity index (χ3n) is 1.98. The Bertz CT molecular complexity index is 327. The van der Waals surface area contributed by atoms with Gasteiger partial charge in [-0.2, -0.15) is 13.2 Å². The molecule has 1 aromatic rings. The number of methoxy groups -OCH3 is 1. The lowest BCUT2D eigenvalue weighted by molar-refractivity contribution is -0.149. The largest absolute Gasteiger partial charge is 0.495 e. The highest BCUT2D eigenvalue weighted by Gasteiger charge is 2.42. The molecule has 15 heavy (non-hydrogen) atoms. The fourth-order valence-corrected chi connectivity index (χ4v) is 1.24. The Kier molecular flexibility index (Phi) is 3.52. The second kappa shape index (κ2) is 4.48. The fourth-order valence-electron chi connectivity index (χ4n) is 1.24. The number of nitrogens with zero attached hydrogens (tertiary/aromatic N) is 1. The Labute approximate surface area is 85.1 Å². The lowest BCUT2D eigenvalue weighted by Gasteiger charge is -2.19. The molecule has 1 atom stereocenters. The van der Waals surface area contributed by atoms with Gasteiger partial charge in [-0.1, -0.05) is 0 Å². The average molecular weight is 220 g/mol. The van der Waals surface area contributed by atoms with E-state index in [1.165, 1.54) is 25.4 Å². The molecule has 0 bridgehead atoms. The van der Waals surface area contributed by atoms with Gasteiger partial charge in [-0.05, 0) is 12.1 Å². The summed E-state index contributed by atoms with van der Waals surface area (Å²) in [6.07, 6.45) is -3.12. The van der Waals surface area contributed by atoms with Crippen LogP contribution < -0.4 is 10.5 Å². The first-order chi connectivity index (χ1) is 7.00. The predicted molar refractivity (Wildman–Crippen MR) is 48.6 cm³/mol. The first-order valence-electron chi connectivity index (χ1n) is 4.26. The number of rotatable bonds is 3. The first kappa shape index (κ1) is 11.8. The molecule has 84 valence electrons. The zero-order valence-corrected chi connectivity index (χ0v) is 8.08. The molecule has 0 aliphatic rings. The molecule has 0 spiro atoms. The van der Waals surface area contributed by atoms with Crippen molar-refractivity contribution in [3.8, 4) is 5.75 Å². The van der Waals surface area contributed by atoms with Crippen molar-refractivity contribution < 1.29 is 17.9 Å². The van der Waals surface area contributed by atoms with Crippen LogP contribution in [0.3, 0.4) is 0 Å². The molecule has 0 saturated carbocycles. The molecule has 0 aliphatic carbocycles. The first-order valence-corrected chi connectivity index (χ1v) is 4.26. The number of hydrogen-bond donors (Lipinski definition) is 1. The van der Waals surface area contributed by atoms with Gasteiger partial charge >= 0.3 is 6.18 Å². The summed E-state index contributed by atoms with van der Waals surface area (Å²) in [6, 6.07) is 2.93. The summed E-state index contributed by atoms with van der Waals surface area (Å²) in [6.45, 7) is -0.545. The van der Waals surface area contributed by atoms with Crippen LogP contribution in [-0.2, 0) is 0 Å². The van der Waals surface area contributed by atoms with Crippen LogP contribution in [0.4, 0.5) is 13.2 Å². The quantitative estimate of drug-likeness (QED) is 0.843. The van der Waals surface area contributed by atoms with E-state index in [-0.39, 0.29) is 11.4 Å². The molecule has 1 unspecified atom stereocenters. The van der Waals surface area contributed by atoms with Crippen LogP contribution >= 0.6 is 0 Å². The zero-order chi connectivity index (χ0) is 11.5. The number of ether oxygens (including phenoxy) is 1. The van der Waals surface area contributed by atoms with E-state index in [1.54, 1.807) is 0 Å². The van der Waals surface area contributed by atoms with E-state index in [1.807, 2.05) is 0 Å². The Balaban J connectivity index is 3.12. The van der Waals surface area contributed by atoms with Crippen LogP contribution in [0.2, 0.25) is 0 Å². The van der Waals surface area contributed by atoms with E-state index in [0.29, 0.717) is 0 Å². The molecule has 2 N–H and O–H groups in total. The molecule has 0 amide bonds. The van der Waals surface area contributed by atoms with Crippen molar-refractivity contribution in [2.45, 2.75) is 12.1 Å². The number of aromatic nitrogens is 1. The summed E-state index contributed by atoms with van der Waals surface area (Å²) in [5, 5.41) is 0. The van der Waals surface area contributed by atoms with Gasteiger partial charge in [0.1, 0.15) is 11.7 Å². The maximum atomic E-state index is 12.5. The van der Waals surface area contributed by atoms with Crippen molar-refractivity contribution in [1.82, 2.24) is 4.98 Å². The summed E-state index contributed by atoms with van der Waals surface area (Å²) in [5.41, 5.74) is 4.93. The normalized spacial score (nSPS) is 13.7. The van der Waals surface area contributed by atoms with E-state index < -0.39 is 18.6 Å². The van der Waals surface area contributed by atoms with E-state index in [9.17, 15) is 13.2 Å². The summed E-state index contributed by atoms with van der Waals surface area (Å²) in [4.78, 5) is 3.66. The smallest absolute Gasteiger partial charge is 0.398 e. The summed E-state index contributed by atoms with van der Waals surface area (Å²) in [5.74, 6) is -1.68. The minimum atomic E-state index is -4.41. The molecule has 0 aromatic carbocycles. The Hall–Kier alpha value is -1.30. The third kappa shape index (κ3) is 2.59. The van der Waals surface area contributed by atoms with Crippen LogP contribution in [0, 0.1) is 0 Å². The SMILES string of the molecule is COc1cccnc1C(CN)C(F)(F)F. The molecular weight excluding hydrogens is 209 g/mol. The number of alkyl halides is 3. The Morgan fingerprint density at radius 3 is 2.67 bits per heavy atom. The van der Waals surface area contributed by atoms with Crippen molar-refractivity contribution in [3.63, 3.8) is 0 Å². The van der Waals surface area contributed by atoms with Gasteiger partial charge in [-0.3, -0.25) is 4.98 Å². The Morgan fingerprint density at radius 2 is 2.20 bits per heavy atom. The highest BCUT2D eigenvalue weighted by atomic mass is 19.4. The zero-order valence-electron chi connectivity index (χ0n) is 8.08. The predicted octanol–water partition coefficient (Wildman–Crippen LogP) is 1.69. The van der Waals surface area contributed by atoms with Gasteiger partial charge in [0, 0.05) is 12.7 Å². The molecule has 0 aliphatic heterocycles. The number of halogens is 3. The molecule has 0 fully saturated rings. The highest BCUT2D eigenvalue weighted by Crippen LogP contribution is 2.36. The van der Waals surface area contributed by atoms with Gasteiger partial charge in [0.25, 0.3) is 0 Å². The minimum Gasteiger partial charge on any atom is -0.495 e. The molecule has 1 heterocycles. The summed E-state index contributed by atoms with van der Waals surface area (Å²) >= 11 is 0. The topological polar surface area (TPSA) is 48.1 Å². The van der Waals surface area contributed by atoms with Gasteiger partial charge in [0.2, 0.25) is 0 Å². The number of hydrogen-bond acceptors (Lipinski definition) is 3. The van der Waals surface area contributed by atoms with Crippen LogP contribution in [0.5, 0.6) is 5.75 Å². The molecule has 0 saturated heterocycles. The van der Waals surface area contributed by atoms with Crippen LogP contribution in [0.15, 0.2) is 18.3 Å². The molecule has 3 nitrogen and oxygen atoms in total. The van der Waals surface area contributed by atoms with E-state index in [4.69, 9.17) is 10.5 Å². The number of nitrogens with two attached hydrogens (primary N) is 1. The standard InChI is InChI=1S/C9H11F3N2O/c1-15-7-3-2-4-14-8(7)6(5-13)9(10,11)12/h2-4,6H,5,13H2,1H3. The fraction of sp³-hybridized carbons (Fsp3) is 0.444. The van der Waals surface area contributed by atoms with Crippen molar-refractivity contribution in [1.29, 1.82) is 0 Å². The maximum Gasteiger partial charge on any atom is 0.398 e. The van der Waals surface area contributed by atoms with Crippen molar-refractivity contribution in [2.24, 2.45) is 5.73 Å². The van der Waals surface area contributed by atoms with Gasteiger partial charge in [0.05, 0.1) is 12.8 Å². The van der Waals surface area contributed by atoms with Crippen LogP contribution in [-0.4, -0.2) is 24.8 Å². The van der Waals surface area contributed by atoms with E-state index in [2.05, 4.69) is 4.98 Å². The third-order valence-corrected chi connectivity index (χ3v) is 1.98. The van der Waals surface area contributed by atoms with Crippen molar-refractivity contribution >= 4 is 0 Å². The van der Waals surface area contributed by atoms with Gasteiger partial charge < -0.3 is 10.5 Å². The Morgan fingerprint density at radius 1 is 1.53 bits per heavy atom. The van der Waals surface area contributed by atoms with Crippen molar-refractivity contribution in [2.75, 3.05) is 13.7 Å².